The van der Waals surface area contributed by atoms with Crippen molar-refractivity contribution in [3.63, 3.8) is 0 Å². The van der Waals surface area contributed by atoms with E-state index < -0.39 is 0 Å². The average Bonchev–Trinajstić information content (AvgIpc) is 3.44. The number of carbonyl (C=O) groups excluding carboxylic acids is 1. The van der Waals surface area contributed by atoms with Gasteiger partial charge in [0, 0.05) is 35.8 Å². The molecule has 2 atom stereocenters. The van der Waals surface area contributed by atoms with Crippen LogP contribution in [0.25, 0.3) is 5.69 Å². The van der Waals surface area contributed by atoms with Crippen LogP contribution in [0.1, 0.15) is 64.8 Å². The van der Waals surface area contributed by atoms with Crippen LogP contribution in [0.3, 0.4) is 0 Å². The molecular formula is C33H37N5O2S. The summed E-state index contributed by atoms with van der Waals surface area (Å²) in [6.45, 7) is 12.6. The SMILES string of the molecule is CCC(=O)Nc1ccc(N2C(=S)N[C@H](c3ccccn3)[C@H]2c2cc(C)n(-c3c(C)cc(C)cc3C)c2C)cc1OC. The lowest BCUT2D eigenvalue weighted by atomic mass is 9.96. The third-order valence-electron chi connectivity index (χ3n) is 7.80. The Balaban J connectivity index is 1.68. The summed E-state index contributed by atoms with van der Waals surface area (Å²) < 4.78 is 8.06. The second-order valence-electron chi connectivity index (χ2n) is 10.7. The number of amides is 1. The van der Waals surface area contributed by atoms with Crippen LogP contribution in [0.2, 0.25) is 0 Å². The molecule has 1 aliphatic rings. The maximum Gasteiger partial charge on any atom is 0.224 e. The maximum absolute atomic E-state index is 12.1. The Morgan fingerprint density at radius 2 is 1.78 bits per heavy atom. The molecule has 0 unspecified atom stereocenters. The fraction of sp³-hybridized carbons (Fsp3) is 0.303. The highest BCUT2D eigenvalue weighted by Crippen LogP contribution is 2.45. The Bertz CT molecular complexity index is 1610. The number of benzene rings is 2. The molecule has 41 heavy (non-hydrogen) atoms. The van der Waals surface area contributed by atoms with Crippen molar-refractivity contribution in [2.24, 2.45) is 0 Å². The minimum atomic E-state index is -0.177. The first-order valence-corrected chi connectivity index (χ1v) is 14.3. The molecule has 2 aromatic heterocycles. The van der Waals surface area contributed by atoms with E-state index in [-0.39, 0.29) is 18.0 Å². The molecule has 0 saturated carbocycles. The lowest BCUT2D eigenvalue weighted by Gasteiger charge is -2.29. The van der Waals surface area contributed by atoms with Crippen LogP contribution >= 0.6 is 12.2 Å². The number of nitrogens with one attached hydrogen (secondary N) is 2. The van der Waals surface area contributed by atoms with E-state index >= 15 is 0 Å². The van der Waals surface area contributed by atoms with Gasteiger partial charge in [0.1, 0.15) is 5.75 Å². The van der Waals surface area contributed by atoms with Crippen LogP contribution in [0.4, 0.5) is 11.4 Å². The summed E-state index contributed by atoms with van der Waals surface area (Å²) in [4.78, 5) is 19.0. The zero-order valence-corrected chi connectivity index (χ0v) is 25.5. The molecular weight excluding hydrogens is 530 g/mol. The first-order chi connectivity index (χ1) is 19.6. The molecule has 0 radical (unpaired) electrons. The molecule has 3 heterocycles. The molecule has 1 fully saturated rings. The summed E-state index contributed by atoms with van der Waals surface area (Å²) in [5, 5.41) is 7.09. The number of nitrogens with zero attached hydrogens (tertiary/aromatic N) is 3. The van der Waals surface area contributed by atoms with Crippen LogP contribution in [0.15, 0.2) is 60.8 Å². The van der Waals surface area contributed by atoms with Gasteiger partial charge in [-0.25, -0.2) is 0 Å². The van der Waals surface area contributed by atoms with Crippen LogP contribution in [-0.2, 0) is 4.79 Å². The fourth-order valence-corrected chi connectivity index (χ4v) is 6.42. The van der Waals surface area contributed by atoms with Gasteiger partial charge < -0.3 is 24.8 Å². The summed E-state index contributed by atoms with van der Waals surface area (Å²) in [5.74, 6) is 0.500. The number of rotatable bonds is 7. The summed E-state index contributed by atoms with van der Waals surface area (Å²) in [6.07, 6.45) is 2.20. The van der Waals surface area contributed by atoms with E-state index in [2.05, 4.69) is 72.9 Å². The number of aromatic nitrogens is 2. The van der Waals surface area contributed by atoms with Gasteiger partial charge in [-0.3, -0.25) is 9.78 Å². The predicted molar refractivity (Wildman–Crippen MR) is 169 cm³/mol. The molecule has 0 spiro atoms. The van der Waals surface area contributed by atoms with Crippen molar-refractivity contribution < 1.29 is 9.53 Å². The number of hydrogen-bond acceptors (Lipinski definition) is 4. The van der Waals surface area contributed by atoms with Gasteiger partial charge in [-0.2, -0.15) is 0 Å². The quantitative estimate of drug-likeness (QED) is 0.236. The monoisotopic (exact) mass is 567 g/mol. The third kappa shape index (κ3) is 5.20. The second-order valence-corrected chi connectivity index (χ2v) is 11.1. The minimum absolute atomic E-state index is 0.0726. The van der Waals surface area contributed by atoms with E-state index in [0.717, 1.165) is 28.3 Å². The molecule has 1 amide bonds. The molecule has 7 nitrogen and oxygen atoms in total. The molecule has 8 heteroatoms. The number of hydrogen-bond donors (Lipinski definition) is 2. The average molecular weight is 568 g/mol. The number of anilines is 2. The molecule has 4 aromatic rings. The standard InChI is InChI=1S/C33H37N5O2S/c1-8-29(39)35-26-13-12-24(18-28(26)40-7)38-32(30(36-33(38)41)27-11-9-10-14-34-27)25-17-22(5)37(23(25)6)31-20(3)15-19(2)16-21(31)4/h9-18,30,32H,8H2,1-7H3,(H,35,39)(H,36,41)/t30-,32-/m1/s1. The van der Waals surface area contributed by atoms with Gasteiger partial charge in [0.2, 0.25) is 5.91 Å². The normalized spacial score (nSPS) is 16.6. The first-order valence-electron chi connectivity index (χ1n) is 13.9. The highest BCUT2D eigenvalue weighted by molar-refractivity contribution is 7.80. The van der Waals surface area contributed by atoms with E-state index in [4.69, 9.17) is 21.9 Å². The van der Waals surface area contributed by atoms with Crippen molar-refractivity contribution in [2.45, 2.75) is 60.0 Å². The summed E-state index contributed by atoms with van der Waals surface area (Å²) >= 11 is 5.98. The Labute approximate surface area is 247 Å². The van der Waals surface area contributed by atoms with E-state index in [1.165, 1.54) is 22.4 Å². The Hall–Kier alpha value is -4.17. The van der Waals surface area contributed by atoms with Gasteiger partial charge >= 0.3 is 0 Å². The number of thiocarbonyl (C=S) groups is 1. The molecule has 2 aromatic carbocycles. The van der Waals surface area contributed by atoms with Crippen molar-refractivity contribution in [2.75, 3.05) is 17.3 Å². The zero-order chi connectivity index (χ0) is 29.4. The lowest BCUT2D eigenvalue weighted by molar-refractivity contribution is -0.115. The number of pyridine rings is 1. The van der Waals surface area contributed by atoms with Crippen LogP contribution in [-0.4, -0.2) is 27.7 Å². The van der Waals surface area contributed by atoms with Crippen molar-refractivity contribution >= 4 is 34.6 Å². The summed E-state index contributed by atoms with van der Waals surface area (Å²) in [7, 11) is 1.61. The highest BCUT2D eigenvalue weighted by Gasteiger charge is 2.42. The van der Waals surface area contributed by atoms with Gasteiger partial charge in [0.25, 0.3) is 0 Å². The molecule has 5 rings (SSSR count). The Morgan fingerprint density at radius 1 is 1.05 bits per heavy atom. The smallest absolute Gasteiger partial charge is 0.224 e. The molecule has 0 bridgehead atoms. The molecule has 1 aliphatic heterocycles. The third-order valence-corrected chi connectivity index (χ3v) is 8.12. The summed E-state index contributed by atoms with van der Waals surface area (Å²) in [6, 6.07) is 18.1. The number of aryl methyl sites for hydroxylation is 4. The van der Waals surface area contributed by atoms with Gasteiger partial charge in [0.05, 0.1) is 36.3 Å². The topological polar surface area (TPSA) is 71.4 Å². The minimum Gasteiger partial charge on any atom is -0.494 e. The van der Waals surface area contributed by atoms with Gasteiger partial charge in [-0.1, -0.05) is 30.7 Å². The largest absolute Gasteiger partial charge is 0.494 e. The van der Waals surface area contributed by atoms with Crippen LogP contribution < -0.4 is 20.3 Å². The van der Waals surface area contributed by atoms with Crippen molar-refractivity contribution in [1.29, 1.82) is 0 Å². The van der Waals surface area contributed by atoms with E-state index in [0.29, 0.717) is 23.0 Å². The lowest BCUT2D eigenvalue weighted by Crippen LogP contribution is -2.29. The van der Waals surface area contributed by atoms with Crippen molar-refractivity contribution in [1.82, 2.24) is 14.9 Å². The van der Waals surface area contributed by atoms with E-state index in [1.54, 1.807) is 7.11 Å². The molecule has 212 valence electrons. The number of ether oxygens (including phenoxy) is 1. The Morgan fingerprint density at radius 3 is 2.41 bits per heavy atom. The molecule has 2 N–H and O–H groups in total. The van der Waals surface area contributed by atoms with Gasteiger partial charge in [-0.05, 0) is 93.9 Å². The second kappa shape index (κ2) is 11.4. The van der Waals surface area contributed by atoms with Crippen LogP contribution in [0, 0.1) is 34.6 Å². The maximum atomic E-state index is 12.1. The van der Waals surface area contributed by atoms with E-state index in [9.17, 15) is 4.79 Å². The van der Waals surface area contributed by atoms with Crippen molar-refractivity contribution in [3.05, 3.63) is 100 Å². The number of carbonyl (C=O) groups is 1. The fourth-order valence-electron chi connectivity index (χ4n) is 6.08. The molecule has 1 saturated heterocycles. The molecule has 0 aliphatic carbocycles. The predicted octanol–water partition coefficient (Wildman–Crippen LogP) is 6.95. The first kappa shape index (κ1) is 28.4. The van der Waals surface area contributed by atoms with Gasteiger partial charge in [-0.15, -0.1) is 0 Å². The Kier molecular flexibility index (Phi) is 7.87. The van der Waals surface area contributed by atoms with Crippen molar-refractivity contribution in [3.8, 4) is 11.4 Å². The number of methoxy groups -OCH3 is 1. The highest BCUT2D eigenvalue weighted by atomic mass is 32.1. The van der Waals surface area contributed by atoms with Gasteiger partial charge in [0.15, 0.2) is 5.11 Å². The zero-order valence-electron chi connectivity index (χ0n) is 24.7. The van der Waals surface area contributed by atoms with E-state index in [1.807, 2.05) is 49.5 Å². The summed E-state index contributed by atoms with van der Waals surface area (Å²) in [5.41, 5.74) is 10.8. The van der Waals surface area contributed by atoms with Crippen LogP contribution in [0.5, 0.6) is 5.75 Å².